The highest BCUT2D eigenvalue weighted by Crippen LogP contribution is 2.33. The number of hydrogen-bond donors (Lipinski definition) is 1. The molecule has 1 aliphatic rings. The van der Waals surface area contributed by atoms with Crippen LogP contribution in [0, 0.1) is 0 Å². The van der Waals surface area contributed by atoms with Gasteiger partial charge in [0.2, 0.25) is 0 Å². The molecule has 1 amide bonds. The molecule has 2 rings (SSSR count). The van der Waals surface area contributed by atoms with Gasteiger partial charge in [0.05, 0.1) is 0 Å². The van der Waals surface area contributed by atoms with E-state index in [-0.39, 0.29) is 0 Å². The Morgan fingerprint density at radius 3 is 2.21 bits per heavy atom. The fraction of sp³-hybridized carbons (Fsp3) is 0.467. The Balaban J connectivity index is 2.09. The van der Waals surface area contributed by atoms with E-state index in [0.29, 0.717) is 11.6 Å². The lowest BCUT2D eigenvalue weighted by atomic mass is 9.84. The molecule has 4 nitrogen and oxygen atoms in total. The van der Waals surface area contributed by atoms with Gasteiger partial charge in [0.1, 0.15) is 0 Å². The van der Waals surface area contributed by atoms with Gasteiger partial charge in [-0.3, -0.25) is 4.79 Å². The van der Waals surface area contributed by atoms with E-state index in [2.05, 4.69) is 0 Å². The van der Waals surface area contributed by atoms with E-state index in [1.54, 1.807) is 0 Å². The molecule has 0 heterocycles. The Kier molecular flexibility index (Phi) is 4.20. The van der Waals surface area contributed by atoms with Gasteiger partial charge in [-0.25, -0.2) is 4.79 Å². The van der Waals surface area contributed by atoms with E-state index in [9.17, 15) is 9.59 Å². The van der Waals surface area contributed by atoms with Crippen molar-refractivity contribution in [3.63, 3.8) is 0 Å². The Morgan fingerprint density at radius 1 is 1.11 bits per heavy atom. The van der Waals surface area contributed by atoms with Gasteiger partial charge >= 0.3 is 11.9 Å². The minimum Gasteiger partial charge on any atom is -0.474 e. The van der Waals surface area contributed by atoms with Crippen LogP contribution in [0.2, 0.25) is 0 Å². The normalized spacial score (nSPS) is 16.1. The molecule has 4 heteroatoms. The number of likely N-dealkylation sites (N-methyl/N-ethyl adjacent to an activating group) is 1. The number of carbonyl (C=O) groups is 2. The number of carbonyl (C=O) groups excluding carboxylic acids is 1. The van der Waals surface area contributed by atoms with Crippen LogP contribution in [-0.4, -0.2) is 24.0 Å². The Hall–Kier alpha value is -1.84. The highest BCUT2D eigenvalue weighted by molar-refractivity contribution is 6.37. The highest BCUT2D eigenvalue weighted by atomic mass is 16.4. The molecule has 1 aromatic rings. The number of nitrogens with zero attached hydrogens (tertiary/aromatic N) is 1. The third kappa shape index (κ3) is 3.13. The van der Waals surface area contributed by atoms with Crippen molar-refractivity contribution >= 4 is 17.6 Å². The van der Waals surface area contributed by atoms with Gasteiger partial charge in [-0.2, -0.15) is 0 Å². The maximum atomic E-state index is 11.4. The summed E-state index contributed by atoms with van der Waals surface area (Å²) in [5, 5.41) is 8.68. The van der Waals surface area contributed by atoms with Crippen molar-refractivity contribution in [3.05, 3.63) is 29.8 Å². The third-order valence-electron chi connectivity index (χ3n) is 3.84. The van der Waals surface area contributed by atoms with Crippen molar-refractivity contribution in [3.8, 4) is 0 Å². The molecule has 19 heavy (non-hydrogen) atoms. The van der Waals surface area contributed by atoms with Crippen LogP contribution < -0.4 is 4.90 Å². The zero-order chi connectivity index (χ0) is 13.8. The summed E-state index contributed by atoms with van der Waals surface area (Å²) in [5.74, 6) is -1.73. The van der Waals surface area contributed by atoms with Gasteiger partial charge in [-0.05, 0) is 36.5 Å². The van der Waals surface area contributed by atoms with Gasteiger partial charge < -0.3 is 10.0 Å². The Bertz CT molecular complexity index is 461. The second-order valence-corrected chi connectivity index (χ2v) is 5.10. The number of aliphatic carboxylic acids is 1. The van der Waals surface area contributed by atoms with Gasteiger partial charge in [0.25, 0.3) is 0 Å². The zero-order valence-electron chi connectivity index (χ0n) is 11.1. The second-order valence-electron chi connectivity index (χ2n) is 5.10. The zero-order valence-corrected chi connectivity index (χ0v) is 11.1. The van der Waals surface area contributed by atoms with Crippen LogP contribution in [0.5, 0.6) is 0 Å². The minimum atomic E-state index is -1.43. The largest absolute Gasteiger partial charge is 0.474 e. The first-order valence-electron chi connectivity index (χ1n) is 6.70. The Labute approximate surface area is 113 Å². The summed E-state index contributed by atoms with van der Waals surface area (Å²) in [4.78, 5) is 23.2. The lowest BCUT2D eigenvalue weighted by Crippen LogP contribution is -2.32. The summed E-state index contributed by atoms with van der Waals surface area (Å²) in [6.07, 6.45) is 6.34. The lowest BCUT2D eigenvalue weighted by Gasteiger charge is -2.23. The monoisotopic (exact) mass is 261 g/mol. The molecule has 1 aromatic carbocycles. The van der Waals surface area contributed by atoms with Crippen molar-refractivity contribution in [1.82, 2.24) is 0 Å². The van der Waals surface area contributed by atoms with Crippen molar-refractivity contribution in [2.24, 2.45) is 0 Å². The first-order valence-corrected chi connectivity index (χ1v) is 6.70. The number of anilines is 1. The minimum absolute atomic E-state index is 0.614. The van der Waals surface area contributed by atoms with Gasteiger partial charge in [0.15, 0.2) is 0 Å². The molecule has 0 unspecified atom stereocenters. The molecule has 0 aliphatic heterocycles. The molecule has 102 valence electrons. The molecular weight excluding hydrogens is 242 g/mol. The van der Waals surface area contributed by atoms with Crippen LogP contribution in [0.15, 0.2) is 24.3 Å². The molecule has 1 fully saturated rings. The summed E-state index contributed by atoms with van der Waals surface area (Å²) < 4.78 is 0. The first-order chi connectivity index (χ1) is 9.09. The van der Waals surface area contributed by atoms with Gasteiger partial charge in [-0.1, -0.05) is 31.4 Å². The van der Waals surface area contributed by atoms with E-state index in [0.717, 1.165) is 4.90 Å². The molecule has 0 saturated heterocycles. The van der Waals surface area contributed by atoms with Gasteiger partial charge in [-0.15, -0.1) is 0 Å². The summed E-state index contributed by atoms with van der Waals surface area (Å²) in [5.41, 5.74) is 1.91. The highest BCUT2D eigenvalue weighted by Gasteiger charge is 2.19. The fourth-order valence-corrected chi connectivity index (χ4v) is 2.67. The molecule has 0 spiro atoms. The lowest BCUT2D eigenvalue weighted by molar-refractivity contribution is -0.148. The first kappa shape index (κ1) is 13.6. The molecule has 1 aliphatic carbocycles. The quantitative estimate of drug-likeness (QED) is 0.833. The van der Waals surface area contributed by atoms with E-state index in [1.807, 2.05) is 24.3 Å². The number of carboxylic acid groups (broad SMARTS) is 1. The van der Waals surface area contributed by atoms with E-state index in [1.165, 1.54) is 44.7 Å². The number of rotatable bonds is 2. The standard InChI is InChI=1S/C15H19NO3/c1-16(14(17)15(18)19)13-9-7-12(8-10-13)11-5-3-2-4-6-11/h7-11H,2-6H2,1H3,(H,18,19). The van der Waals surface area contributed by atoms with Crippen LogP contribution >= 0.6 is 0 Å². The number of amides is 1. The molecule has 1 N–H and O–H groups in total. The van der Waals surface area contributed by atoms with Crippen molar-refractivity contribution in [2.45, 2.75) is 38.0 Å². The predicted molar refractivity (Wildman–Crippen MR) is 73.3 cm³/mol. The average Bonchev–Trinajstić information content (AvgIpc) is 2.46. The van der Waals surface area contributed by atoms with E-state index in [4.69, 9.17) is 5.11 Å². The van der Waals surface area contributed by atoms with Gasteiger partial charge in [0, 0.05) is 12.7 Å². The van der Waals surface area contributed by atoms with Crippen molar-refractivity contribution < 1.29 is 14.7 Å². The average molecular weight is 261 g/mol. The topological polar surface area (TPSA) is 57.6 Å². The predicted octanol–water partition coefficient (Wildman–Crippen LogP) is 2.78. The second kappa shape index (κ2) is 5.87. The third-order valence-corrected chi connectivity index (χ3v) is 3.84. The number of carboxylic acids is 1. The maximum Gasteiger partial charge on any atom is 0.394 e. The van der Waals surface area contributed by atoms with Crippen LogP contribution in [-0.2, 0) is 9.59 Å². The fourth-order valence-electron chi connectivity index (χ4n) is 2.67. The molecule has 1 saturated carbocycles. The van der Waals surface area contributed by atoms with E-state index < -0.39 is 11.9 Å². The molecule has 0 atom stereocenters. The van der Waals surface area contributed by atoms with Crippen LogP contribution in [0.25, 0.3) is 0 Å². The van der Waals surface area contributed by atoms with Crippen LogP contribution in [0.3, 0.4) is 0 Å². The summed E-state index contributed by atoms with van der Waals surface area (Å²) in [6, 6.07) is 7.67. The van der Waals surface area contributed by atoms with Crippen LogP contribution in [0.1, 0.15) is 43.6 Å². The maximum absolute atomic E-state index is 11.4. The van der Waals surface area contributed by atoms with Crippen molar-refractivity contribution in [1.29, 1.82) is 0 Å². The summed E-state index contributed by atoms with van der Waals surface area (Å²) in [7, 11) is 1.48. The molecule has 0 radical (unpaired) electrons. The number of hydrogen-bond acceptors (Lipinski definition) is 2. The molecule has 0 bridgehead atoms. The van der Waals surface area contributed by atoms with Crippen LogP contribution in [0.4, 0.5) is 5.69 Å². The summed E-state index contributed by atoms with van der Waals surface area (Å²) in [6.45, 7) is 0. The van der Waals surface area contributed by atoms with E-state index >= 15 is 0 Å². The van der Waals surface area contributed by atoms with Crippen molar-refractivity contribution in [2.75, 3.05) is 11.9 Å². The number of benzene rings is 1. The molecule has 0 aromatic heterocycles. The SMILES string of the molecule is CN(C(=O)C(=O)O)c1ccc(C2CCCCC2)cc1. The smallest absolute Gasteiger partial charge is 0.394 e. The summed E-state index contributed by atoms with van der Waals surface area (Å²) >= 11 is 0. The Morgan fingerprint density at radius 2 is 1.68 bits per heavy atom. The molecular formula is C15H19NO3.